The number of likely N-dealkylation sites (tertiary alicyclic amines) is 1. The number of nitrogens with zero attached hydrogens (tertiary/aromatic N) is 1. The Balaban J connectivity index is 2.15. The average Bonchev–Trinajstić information content (AvgIpc) is 2.74. The highest BCUT2D eigenvalue weighted by Gasteiger charge is 2.22. The zero-order chi connectivity index (χ0) is 12.7. The van der Waals surface area contributed by atoms with E-state index in [1.54, 1.807) is 6.92 Å². The van der Waals surface area contributed by atoms with Crippen LogP contribution < -0.4 is 5.73 Å². The third kappa shape index (κ3) is 5.28. The molecule has 17 heavy (non-hydrogen) atoms. The molecule has 2 N–H and O–H groups in total. The topological polar surface area (TPSA) is 72.6 Å². The van der Waals surface area contributed by atoms with E-state index < -0.39 is 0 Å². The lowest BCUT2D eigenvalue weighted by molar-refractivity contribution is -0.144. The van der Waals surface area contributed by atoms with Crippen molar-refractivity contribution in [1.82, 2.24) is 4.90 Å². The minimum Gasteiger partial charge on any atom is -0.466 e. The molecule has 1 saturated heterocycles. The van der Waals surface area contributed by atoms with E-state index in [1.807, 2.05) is 0 Å². The molecule has 0 amide bonds. The molecule has 0 aromatic heterocycles. The summed E-state index contributed by atoms with van der Waals surface area (Å²) in [5.74, 6) is 0.339. The van der Waals surface area contributed by atoms with E-state index in [-0.39, 0.29) is 24.6 Å². The van der Waals surface area contributed by atoms with Crippen LogP contribution in [-0.2, 0) is 14.3 Å². The molecule has 5 heteroatoms. The number of nitrogens with two attached hydrogens (primary N) is 1. The predicted octanol–water partition coefficient (Wildman–Crippen LogP) is 0.179. The van der Waals surface area contributed by atoms with Gasteiger partial charge in [0.15, 0.2) is 0 Å². The smallest absolute Gasteiger partial charge is 0.306 e. The van der Waals surface area contributed by atoms with E-state index in [1.165, 1.54) is 0 Å². The van der Waals surface area contributed by atoms with Crippen molar-refractivity contribution >= 4 is 11.8 Å². The van der Waals surface area contributed by atoms with E-state index in [9.17, 15) is 9.59 Å². The van der Waals surface area contributed by atoms with Crippen molar-refractivity contribution in [3.05, 3.63) is 0 Å². The zero-order valence-corrected chi connectivity index (χ0v) is 10.5. The van der Waals surface area contributed by atoms with E-state index in [4.69, 9.17) is 10.5 Å². The first-order valence-corrected chi connectivity index (χ1v) is 6.25. The largest absolute Gasteiger partial charge is 0.466 e. The van der Waals surface area contributed by atoms with Crippen LogP contribution in [0, 0.1) is 5.92 Å². The highest BCUT2D eigenvalue weighted by Crippen LogP contribution is 2.14. The van der Waals surface area contributed by atoms with E-state index in [2.05, 4.69) is 4.90 Å². The summed E-state index contributed by atoms with van der Waals surface area (Å²) < 4.78 is 4.78. The Hall–Kier alpha value is -0.940. The van der Waals surface area contributed by atoms with Gasteiger partial charge in [0.2, 0.25) is 0 Å². The lowest BCUT2D eigenvalue weighted by Crippen LogP contribution is -2.29. The van der Waals surface area contributed by atoms with E-state index in [0.29, 0.717) is 25.6 Å². The van der Waals surface area contributed by atoms with Gasteiger partial charge < -0.3 is 10.5 Å². The van der Waals surface area contributed by atoms with Gasteiger partial charge in [0.1, 0.15) is 5.78 Å². The number of hydrogen-bond donors (Lipinski definition) is 1. The molecule has 5 nitrogen and oxygen atoms in total. The van der Waals surface area contributed by atoms with Crippen LogP contribution in [-0.4, -0.2) is 49.4 Å². The van der Waals surface area contributed by atoms with Crippen molar-refractivity contribution in [3.8, 4) is 0 Å². The zero-order valence-electron chi connectivity index (χ0n) is 10.5. The van der Waals surface area contributed by atoms with Crippen molar-refractivity contribution in [1.29, 1.82) is 0 Å². The highest BCUT2D eigenvalue weighted by atomic mass is 16.5. The summed E-state index contributed by atoms with van der Waals surface area (Å²) in [5, 5.41) is 0. The molecule has 0 saturated carbocycles. The van der Waals surface area contributed by atoms with Crippen LogP contribution in [0.5, 0.6) is 0 Å². The van der Waals surface area contributed by atoms with Gasteiger partial charge in [-0.05, 0) is 32.4 Å². The van der Waals surface area contributed by atoms with Gasteiger partial charge in [-0.15, -0.1) is 0 Å². The lowest BCUT2D eigenvalue weighted by atomic mass is 10.1. The second-order valence-electron chi connectivity index (χ2n) is 4.47. The van der Waals surface area contributed by atoms with Crippen molar-refractivity contribution in [2.45, 2.75) is 26.2 Å². The SMILES string of the molecule is CCOC(=O)CCC(=O)CN1CCC(CN)C1. The summed E-state index contributed by atoms with van der Waals surface area (Å²) in [6.45, 7) is 5.10. The van der Waals surface area contributed by atoms with Gasteiger partial charge >= 0.3 is 5.97 Å². The maximum atomic E-state index is 11.6. The molecule has 0 bridgehead atoms. The first-order chi connectivity index (χ1) is 8.15. The molecule has 1 aliphatic heterocycles. The number of carbonyl (C=O) groups excluding carboxylic acids is 2. The first kappa shape index (κ1) is 14.1. The fraction of sp³-hybridized carbons (Fsp3) is 0.833. The first-order valence-electron chi connectivity index (χ1n) is 6.25. The molecule has 0 radical (unpaired) electrons. The Bertz CT molecular complexity index is 268. The fourth-order valence-electron chi connectivity index (χ4n) is 2.05. The van der Waals surface area contributed by atoms with Gasteiger partial charge in [-0.25, -0.2) is 0 Å². The Labute approximate surface area is 102 Å². The average molecular weight is 242 g/mol. The molecular weight excluding hydrogens is 220 g/mol. The summed E-state index contributed by atoms with van der Waals surface area (Å²) in [6.07, 6.45) is 1.55. The van der Waals surface area contributed by atoms with Crippen LogP contribution in [0.1, 0.15) is 26.2 Å². The molecule has 1 rings (SSSR count). The van der Waals surface area contributed by atoms with Gasteiger partial charge in [-0.1, -0.05) is 0 Å². The van der Waals surface area contributed by atoms with Gasteiger partial charge in [-0.3, -0.25) is 14.5 Å². The van der Waals surface area contributed by atoms with E-state index in [0.717, 1.165) is 19.5 Å². The maximum absolute atomic E-state index is 11.6. The van der Waals surface area contributed by atoms with Crippen molar-refractivity contribution < 1.29 is 14.3 Å². The second-order valence-corrected chi connectivity index (χ2v) is 4.47. The Morgan fingerprint density at radius 2 is 2.18 bits per heavy atom. The quantitative estimate of drug-likeness (QED) is 0.645. The summed E-state index contributed by atoms with van der Waals surface area (Å²) in [4.78, 5) is 24.8. The van der Waals surface area contributed by atoms with Crippen LogP contribution in [0.25, 0.3) is 0 Å². The van der Waals surface area contributed by atoms with Crippen molar-refractivity contribution in [3.63, 3.8) is 0 Å². The molecule has 1 fully saturated rings. The molecule has 1 heterocycles. The molecule has 0 spiro atoms. The highest BCUT2D eigenvalue weighted by molar-refractivity contribution is 5.84. The van der Waals surface area contributed by atoms with Crippen molar-refractivity contribution in [2.75, 3.05) is 32.8 Å². The number of esters is 1. The number of ketones is 1. The molecule has 0 aromatic rings. The normalized spacial score (nSPS) is 20.5. The molecule has 1 atom stereocenters. The maximum Gasteiger partial charge on any atom is 0.306 e. The monoisotopic (exact) mass is 242 g/mol. The lowest BCUT2D eigenvalue weighted by Gasteiger charge is -2.14. The Morgan fingerprint density at radius 3 is 2.76 bits per heavy atom. The summed E-state index contributed by atoms with van der Waals surface area (Å²) in [5.41, 5.74) is 5.59. The summed E-state index contributed by atoms with van der Waals surface area (Å²) in [6, 6.07) is 0. The Kier molecular flexibility index (Phi) is 6.15. The summed E-state index contributed by atoms with van der Waals surface area (Å²) in [7, 11) is 0. The van der Waals surface area contributed by atoms with Crippen LogP contribution in [0.3, 0.4) is 0 Å². The standard InChI is InChI=1S/C12H22N2O3/c1-2-17-12(16)4-3-11(15)9-14-6-5-10(7-13)8-14/h10H,2-9,13H2,1H3. The molecule has 0 aromatic carbocycles. The Morgan fingerprint density at radius 1 is 1.41 bits per heavy atom. The molecule has 1 aliphatic rings. The summed E-state index contributed by atoms with van der Waals surface area (Å²) >= 11 is 0. The van der Waals surface area contributed by atoms with E-state index >= 15 is 0 Å². The predicted molar refractivity (Wildman–Crippen MR) is 64.5 cm³/mol. The third-order valence-electron chi connectivity index (χ3n) is 3.02. The molecular formula is C12H22N2O3. The van der Waals surface area contributed by atoms with Gasteiger partial charge in [-0.2, -0.15) is 0 Å². The number of ether oxygens (including phenoxy) is 1. The van der Waals surface area contributed by atoms with Crippen LogP contribution >= 0.6 is 0 Å². The van der Waals surface area contributed by atoms with Crippen LogP contribution in [0.15, 0.2) is 0 Å². The molecule has 0 aliphatic carbocycles. The number of carbonyl (C=O) groups is 2. The number of rotatable bonds is 7. The molecule has 1 unspecified atom stereocenters. The second kappa shape index (κ2) is 7.40. The number of Topliss-reactive ketones (excluding diaryl/α,β-unsaturated/α-hetero) is 1. The minimum atomic E-state index is -0.290. The third-order valence-corrected chi connectivity index (χ3v) is 3.02. The van der Waals surface area contributed by atoms with Crippen LogP contribution in [0.4, 0.5) is 0 Å². The van der Waals surface area contributed by atoms with Crippen LogP contribution in [0.2, 0.25) is 0 Å². The van der Waals surface area contributed by atoms with Gasteiger partial charge in [0.05, 0.1) is 19.6 Å². The van der Waals surface area contributed by atoms with Gasteiger partial charge in [0, 0.05) is 13.0 Å². The van der Waals surface area contributed by atoms with Crippen molar-refractivity contribution in [2.24, 2.45) is 11.7 Å². The fourth-order valence-corrected chi connectivity index (χ4v) is 2.05. The van der Waals surface area contributed by atoms with Gasteiger partial charge in [0.25, 0.3) is 0 Å². The number of hydrogen-bond acceptors (Lipinski definition) is 5. The molecule has 98 valence electrons. The minimum absolute atomic E-state index is 0.107.